The summed E-state index contributed by atoms with van der Waals surface area (Å²) in [5, 5.41) is 5.59. The van der Waals surface area contributed by atoms with Crippen molar-refractivity contribution in [2.45, 2.75) is 39.3 Å². The minimum atomic E-state index is -0.814. The largest absolute Gasteiger partial charge is 0.481 e. The molecule has 6 heteroatoms. The highest BCUT2D eigenvalue weighted by molar-refractivity contribution is 6.04. The van der Waals surface area contributed by atoms with Crippen LogP contribution in [0.15, 0.2) is 48.5 Å². The number of ether oxygens (including phenoxy) is 1. The second-order valence-electron chi connectivity index (χ2n) is 6.03. The van der Waals surface area contributed by atoms with E-state index in [0.717, 1.165) is 6.42 Å². The molecule has 0 spiro atoms. The third kappa shape index (κ3) is 5.31. The Balaban J connectivity index is 2.06. The number of benzene rings is 2. The van der Waals surface area contributed by atoms with Gasteiger partial charge in [-0.3, -0.25) is 9.59 Å². The summed E-state index contributed by atoms with van der Waals surface area (Å²) in [5.41, 5.74) is 0.794. The van der Waals surface area contributed by atoms with Crippen LogP contribution in [0.25, 0.3) is 0 Å². The van der Waals surface area contributed by atoms with Crippen molar-refractivity contribution in [3.63, 3.8) is 0 Å². The van der Waals surface area contributed by atoms with Crippen molar-refractivity contribution in [1.29, 1.82) is 0 Å². The van der Waals surface area contributed by atoms with Gasteiger partial charge in [0.25, 0.3) is 11.8 Å². The van der Waals surface area contributed by atoms with Gasteiger partial charge in [-0.2, -0.15) is 0 Å². The van der Waals surface area contributed by atoms with Crippen LogP contribution in [0.2, 0.25) is 0 Å². The van der Waals surface area contributed by atoms with Crippen molar-refractivity contribution in [2.24, 2.45) is 0 Å². The lowest BCUT2D eigenvalue weighted by molar-refractivity contribution is -0.122. The maximum Gasteiger partial charge on any atom is 0.265 e. The highest BCUT2D eigenvalue weighted by Gasteiger charge is 2.19. The van der Waals surface area contributed by atoms with E-state index in [-0.39, 0.29) is 17.8 Å². The van der Waals surface area contributed by atoms with Crippen LogP contribution in [0.3, 0.4) is 0 Å². The quantitative estimate of drug-likeness (QED) is 0.792. The fraction of sp³-hybridized carbons (Fsp3) is 0.300. The van der Waals surface area contributed by atoms with Gasteiger partial charge in [-0.15, -0.1) is 0 Å². The molecule has 2 aromatic rings. The molecule has 5 nitrogen and oxygen atoms in total. The Labute approximate surface area is 152 Å². The zero-order valence-corrected chi connectivity index (χ0v) is 15.1. The van der Waals surface area contributed by atoms with E-state index in [4.69, 9.17) is 4.74 Å². The summed E-state index contributed by atoms with van der Waals surface area (Å²) in [7, 11) is 0. The predicted molar refractivity (Wildman–Crippen MR) is 98.8 cm³/mol. The average Bonchev–Trinajstić information content (AvgIpc) is 2.63. The van der Waals surface area contributed by atoms with Gasteiger partial charge >= 0.3 is 0 Å². The number of amides is 2. The summed E-state index contributed by atoms with van der Waals surface area (Å²) in [5.74, 6) is -0.645. The molecule has 0 unspecified atom stereocenters. The van der Waals surface area contributed by atoms with Gasteiger partial charge in [0, 0.05) is 6.04 Å². The topological polar surface area (TPSA) is 67.4 Å². The molecule has 0 aliphatic carbocycles. The fourth-order valence-electron chi connectivity index (χ4n) is 2.20. The van der Waals surface area contributed by atoms with E-state index in [0.29, 0.717) is 17.0 Å². The minimum absolute atomic E-state index is 0.0343. The van der Waals surface area contributed by atoms with Crippen LogP contribution in [0.5, 0.6) is 5.75 Å². The summed E-state index contributed by atoms with van der Waals surface area (Å²) >= 11 is 0. The lowest BCUT2D eigenvalue weighted by atomic mass is 10.1. The van der Waals surface area contributed by atoms with E-state index in [9.17, 15) is 14.0 Å². The fourth-order valence-corrected chi connectivity index (χ4v) is 2.20. The molecule has 0 fully saturated rings. The number of carbonyl (C=O) groups excluding carboxylic acids is 2. The Hall–Kier alpha value is -2.89. The van der Waals surface area contributed by atoms with E-state index in [1.54, 1.807) is 31.2 Å². The van der Waals surface area contributed by atoms with Crippen molar-refractivity contribution < 1.29 is 18.7 Å². The molecule has 0 aliphatic heterocycles. The molecule has 0 radical (unpaired) electrons. The van der Waals surface area contributed by atoms with Crippen LogP contribution >= 0.6 is 0 Å². The second kappa shape index (κ2) is 8.99. The highest BCUT2D eigenvalue weighted by atomic mass is 19.1. The van der Waals surface area contributed by atoms with Gasteiger partial charge < -0.3 is 15.4 Å². The molecule has 26 heavy (non-hydrogen) atoms. The third-order valence-corrected chi connectivity index (χ3v) is 3.92. The van der Waals surface area contributed by atoms with Crippen LogP contribution < -0.4 is 15.4 Å². The van der Waals surface area contributed by atoms with Gasteiger partial charge in [-0.05, 0) is 56.7 Å². The number of halogens is 1. The number of carbonyl (C=O) groups is 2. The molecular formula is C20H23FN2O3. The number of rotatable bonds is 7. The van der Waals surface area contributed by atoms with Crippen molar-refractivity contribution in [1.82, 2.24) is 5.32 Å². The third-order valence-electron chi connectivity index (χ3n) is 3.92. The normalized spacial score (nSPS) is 12.8. The van der Waals surface area contributed by atoms with Crippen LogP contribution in [0.4, 0.5) is 10.1 Å². The molecular weight excluding hydrogens is 335 g/mol. The molecule has 0 aliphatic rings. The first kappa shape index (κ1) is 19.4. The second-order valence-corrected chi connectivity index (χ2v) is 6.03. The lowest BCUT2D eigenvalue weighted by Crippen LogP contribution is -2.34. The van der Waals surface area contributed by atoms with Crippen molar-refractivity contribution >= 4 is 17.5 Å². The average molecular weight is 358 g/mol. The molecule has 0 heterocycles. The van der Waals surface area contributed by atoms with Gasteiger partial charge in [0.15, 0.2) is 6.10 Å². The Bertz CT molecular complexity index is 762. The number of nitrogens with one attached hydrogen (secondary N) is 2. The highest BCUT2D eigenvalue weighted by Crippen LogP contribution is 2.17. The van der Waals surface area contributed by atoms with Crippen LogP contribution in [-0.2, 0) is 4.79 Å². The first-order valence-electron chi connectivity index (χ1n) is 8.53. The summed E-state index contributed by atoms with van der Waals surface area (Å²) in [6.45, 7) is 5.48. The summed E-state index contributed by atoms with van der Waals surface area (Å²) < 4.78 is 18.4. The summed E-state index contributed by atoms with van der Waals surface area (Å²) in [4.78, 5) is 24.8. The van der Waals surface area contributed by atoms with Gasteiger partial charge in [0.2, 0.25) is 0 Å². The smallest absolute Gasteiger partial charge is 0.265 e. The molecule has 0 aromatic heterocycles. The Morgan fingerprint density at radius 2 is 1.73 bits per heavy atom. The molecule has 2 rings (SSSR count). The number of anilines is 1. The van der Waals surface area contributed by atoms with Crippen molar-refractivity contribution in [2.75, 3.05) is 5.32 Å². The minimum Gasteiger partial charge on any atom is -0.481 e. The molecule has 0 bridgehead atoms. The molecule has 0 saturated heterocycles. The van der Waals surface area contributed by atoms with E-state index < -0.39 is 12.0 Å². The van der Waals surface area contributed by atoms with Crippen molar-refractivity contribution in [3.8, 4) is 5.75 Å². The van der Waals surface area contributed by atoms with Crippen LogP contribution in [-0.4, -0.2) is 24.0 Å². The maximum absolute atomic E-state index is 12.9. The lowest BCUT2D eigenvalue weighted by Gasteiger charge is -2.17. The van der Waals surface area contributed by atoms with E-state index in [1.165, 1.54) is 24.3 Å². The molecule has 2 aromatic carbocycles. The molecule has 0 saturated carbocycles. The predicted octanol–water partition coefficient (Wildman–Crippen LogP) is 3.76. The Kier molecular flexibility index (Phi) is 6.72. The monoisotopic (exact) mass is 358 g/mol. The van der Waals surface area contributed by atoms with Gasteiger partial charge in [0.05, 0.1) is 11.3 Å². The zero-order chi connectivity index (χ0) is 19.1. The van der Waals surface area contributed by atoms with E-state index in [2.05, 4.69) is 10.6 Å². The van der Waals surface area contributed by atoms with Crippen molar-refractivity contribution in [3.05, 3.63) is 59.9 Å². The summed E-state index contributed by atoms with van der Waals surface area (Å²) in [6.07, 6.45) is -0.00541. The van der Waals surface area contributed by atoms with E-state index in [1.807, 2.05) is 13.8 Å². The zero-order valence-electron chi connectivity index (χ0n) is 15.1. The SMILES string of the molecule is CC[C@H](C)NC(=O)c1ccccc1NC(=O)[C@@H](C)Oc1ccc(F)cc1. The first-order chi connectivity index (χ1) is 12.4. The Morgan fingerprint density at radius 3 is 2.38 bits per heavy atom. The van der Waals surface area contributed by atoms with Gasteiger partial charge in [-0.25, -0.2) is 4.39 Å². The van der Waals surface area contributed by atoms with Gasteiger partial charge in [0.1, 0.15) is 11.6 Å². The number of hydrogen-bond acceptors (Lipinski definition) is 3. The van der Waals surface area contributed by atoms with Crippen LogP contribution in [0, 0.1) is 5.82 Å². The standard InChI is InChI=1S/C20H23FN2O3/c1-4-13(2)22-20(25)17-7-5-6-8-18(17)23-19(24)14(3)26-16-11-9-15(21)10-12-16/h5-14H,4H2,1-3H3,(H,22,25)(H,23,24)/t13-,14+/m0/s1. The number of hydrogen-bond donors (Lipinski definition) is 2. The van der Waals surface area contributed by atoms with E-state index >= 15 is 0 Å². The Morgan fingerprint density at radius 1 is 1.08 bits per heavy atom. The molecule has 2 amide bonds. The maximum atomic E-state index is 12.9. The molecule has 2 atom stereocenters. The number of para-hydroxylation sites is 1. The summed E-state index contributed by atoms with van der Waals surface area (Å²) in [6, 6.07) is 12.2. The molecule has 2 N–H and O–H groups in total. The molecule has 138 valence electrons. The van der Waals surface area contributed by atoms with Gasteiger partial charge in [-0.1, -0.05) is 19.1 Å². The first-order valence-corrected chi connectivity index (χ1v) is 8.53. The van der Waals surface area contributed by atoms with Crippen LogP contribution in [0.1, 0.15) is 37.6 Å².